The third-order valence-electron chi connectivity index (χ3n) is 5.62. The zero-order chi connectivity index (χ0) is 11.0. The molecular weight excluding hydrogens is 198 g/mol. The van der Waals surface area contributed by atoms with Crippen molar-refractivity contribution in [3.05, 3.63) is 12.2 Å². The quantitative estimate of drug-likeness (QED) is 0.577. The Labute approximate surface area is 96.7 Å². The molecule has 4 fully saturated rings. The number of piperidine rings is 2. The van der Waals surface area contributed by atoms with Crippen molar-refractivity contribution in [1.29, 1.82) is 0 Å². The number of nitrogens with zero attached hydrogens (tertiary/aromatic N) is 1. The maximum atomic E-state index is 12.4. The average molecular weight is 217 g/mol. The summed E-state index contributed by atoms with van der Waals surface area (Å²) in [4.78, 5) is 14.9. The van der Waals surface area contributed by atoms with E-state index in [2.05, 4.69) is 18.4 Å². The Morgan fingerprint density at radius 1 is 1.25 bits per heavy atom. The van der Waals surface area contributed by atoms with E-state index in [9.17, 15) is 4.79 Å². The molecule has 1 saturated carbocycles. The fourth-order valence-electron chi connectivity index (χ4n) is 5.03. The van der Waals surface area contributed by atoms with Gasteiger partial charge in [0.25, 0.3) is 0 Å². The van der Waals surface area contributed by atoms with Gasteiger partial charge in [0.2, 0.25) is 0 Å². The highest BCUT2D eigenvalue weighted by Crippen LogP contribution is 2.56. The van der Waals surface area contributed by atoms with Crippen molar-refractivity contribution in [2.75, 3.05) is 6.54 Å². The van der Waals surface area contributed by atoms with Crippen LogP contribution >= 0.6 is 0 Å². The summed E-state index contributed by atoms with van der Waals surface area (Å²) >= 11 is 0. The molecule has 3 heterocycles. The second-order valence-corrected chi connectivity index (χ2v) is 6.44. The number of hydrogen-bond acceptors (Lipinski definition) is 2. The lowest BCUT2D eigenvalue weighted by molar-refractivity contribution is -0.123. The Morgan fingerprint density at radius 2 is 2.06 bits per heavy atom. The Bertz CT molecular complexity index is 388. The fraction of sp³-hybridized carbons (Fsp3) is 0.786. The van der Waals surface area contributed by atoms with Gasteiger partial charge in [-0.1, -0.05) is 13.5 Å². The lowest BCUT2D eigenvalue weighted by Crippen LogP contribution is -2.52. The predicted molar refractivity (Wildman–Crippen MR) is 61.9 cm³/mol. The third kappa shape index (κ3) is 0.912. The molecule has 2 nitrogen and oxygen atoms in total. The Hall–Kier alpha value is -0.630. The first-order valence-electron chi connectivity index (χ1n) is 6.65. The third-order valence-corrected chi connectivity index (χ3v) is 5.62. The van der Waals surface area contributed by atoms with Gasteiger partial charge in [-0.25, -0.2) is 0 Å². The van der Waals surface area contributed by atoms with Crippen LogP contribution in [0.5, 0.6) is 0 Å². The van der Waals surface area contributed by atoms with Crippen molar-refractivity contribution in [3.8, 4) is 0 Å². The number of hydrogen-bond donors (Lipinski definition) is 0. The van der Waals surface area contributed by atoms with Gasteiger partial charge in [0.05, 0.1) is 6.04 Å². The van der Waals surface area contributed by atoms with Crippen LogP contribution in [0.1, 0.15) is 26.2 Å². The number of Topliss-reactive ketones (excluding diaryl/α,β-unsaturated/α-hetero) is 1. The van der Waals surface area contributed by atoms with Crippen LogP contribution in [0.2, 0.25) is 0 Å². The first-order chi connectivity index (χ1) is 7.66. The van der Waals surface area contributed by atoms with Gasteiger partial charge in [0, 0.05) is 12.6 Å². The van der Waals surface area contributed by atoms with Crippen molar-refractivity contribution in [2.45, 2.75) is 38.3 Å². The van der Waals surface area contributed by atoms with Crippen LogP contribution in [0, 0.1) is 23.7 Å². The molecule has 0 aromatic rings. The summed E-state index contributed by atoms with van der Waals surface area (Å²) in [6, 6.07) is 0.957. The largest absolute Gasteiger partial charge is 0.293 e. The van der Waals surface area contributed by atoms with Crippen LogP contribution < -0.4 is 0 Å². The Balaban J connectivity index is 1.83. The molecule has 86 valence electrons. The van der Waals surface area contributed by atoms with Crippen molar-refractivity contribution in [3.63, 3.8) is 0 Å². The van der Waals surface area contributed by atoms with Gasteiger partial charge in [-0.15, -0.1) is 0 Å². The van der Waals surface area contributed by atoms with Crippen molar-refractivity contribution < 1.29 is 4.79 Å². The molecule has 3 saturated heterocycles. The molecule has 4 rings (SSSR count). The SMILES string of the molecule is C=C1C(=O)C2[C@@H]3C[C@@H](C)C[C@H]4[C@@H]3C[C@@H]1CN24. The molecule has 2 unspecified atom stereocenters. The summed E-state index contributed by atoms with van der Waals surface area (Å²) < 4.78 is 0. The van der Waals surface area contributed by atoms with E-state index in [4.69, 9.17) is 0 Å². The number of rotatable bonds is 0. The lowest BCUT2D eigenvalue weighted by Gasteiger charge is -2.44. The maximum absolute atomic E-state index is 12.4. The monoisotopic (exact) mass is 217 g/mol. The topological polar surface area (TPSA) is 20.3 Å². The minimum absolute atomic E-state index is 0.228. The minimum Gasteiger partial charge on any atom is -0.293 e. The number of carbonyl (C=O) groups excluding carboxylic acids is 1. The van der Waals surface area contributed by atoms with Crippen LogP contribution in [-0.4, -0.2) is 29.3 Å². The Kier molecular flexibility index (Phi) is 1.64. The highest BCUT2D eigenvalue weighted by molar-refractivity contribution is 6.01. The molecular formula is C14H19NO. The van der Waals surface area contributed by atoms with E-state index in [0.717, 1.165) is 30.0 Å². The standard InChI is InChI=1S/C14H19NO/c1-7-3-11-10-5-9-6-15(12(10)4-7)13(11)14(16)8(9)2/h7,9-13H,2-6H2,1H3/t7-,9-,10-,11-,12+,13?/m1/s1. The first-order valence-corrected chi connectivity index (χ1v) is 6.65. The summed E-state index contributed by atoms with van der Waals surface area (Å²) in [5.74, 6) is 3.16. The molecule has 0 amide bonds. The second kappa shape index (κ2) is 2.79. The van der Waals surface area contributed by atoms with Gasteiger partial charge in [-0.3, -0.25) is 9.69 Å². The minimum atomic E-state index is 0.228. The molecule has 4 aliphatic rings. The summed E-state index contributed by atoms with van der Waals surface area (Å²) in [5, 5.41) is 0. The predicted octanol–water partition coefficient (Wildman–Crippen LogP) is 1.86. The summed E-state index contributed by atoms with van der Waals surface area (Å²) in [5.41, 5.74) is 0.946. The first kappa shape index (κ1) is 9.41. The zero-order valence-electron chi connectivity index (χ0n) is 9.86. The maximum Gasteiger partial charge on any atom is 0.175 e. The molecule has 7 atom stereocenters. The average Bonchev–Trinajstić information content (AvgIpc) is 2.44. The fourth-order valence-corrected chi connectivity index (χ4v) is 5.03. The second-order valence-electron chi connectivity index (χ2n) is 6.44. The molecule has 1 aliphatic carbocycles. The molecule has 0 spiro atoms. The summed E-state index contributed by atoms with van der Waals surface area (Å²) in [6.07, 6.45) is 3.85. The molecule has 2 heteroatoms. The molecule has 0 radical (unpaired) electrons. The van der Waals surface area contributed by atoms with Gasteiger partial charge < -0.3 is 0 Å². The van der Waals surface area contributed by atoms with E-state index in [1.54, 1.807) is 0 Å². The number of carbonyl (C=O) groups is 1. The molecule has 3 aliphatic heterocycles. The number of ketones is 1. The van der Waals surface area contributed by atoms with Gasteiger partial charge in [0.15, 0.2) is 5.78 Å². The van der Waals surface area contributed by atoms with Crippen LogP contribution in [0.25, 0.3) is 0 Å². The van der Waals surface area contributed by atoms with Gasteiger partial charge in [0.1, 0.15) is 0 Å². The smallest absolute Gasteiger partial charge is 0.175 e. The van der Waals surface area contributed by atoms with E-state index in [-0.39, 0.29) is 6.04 Å². The van der Waals surface area contributed by atoms with Crippen molar-refractivity contribution >= 4 is 5.78 Å². The van der Waals surface area contributed by atoms with Crippen LogP contribution in [0.3, 0.4) is 0 Å². The van der Waals surface area contributed by atoms with Crippen LogP contribution in [0.4, 0.5) is 0 Å². The molecule has 16 heavy (non-hydrogen) atoms. The van der Waals surface area contributed by atoms with Crippen molar-refractivity contribution in [1.82, 2.24) is 4.90 Å². The highest BCUT2D eigenvalue weighted by atomic mass is 16.1. The van der Waals surface area contributed by atoms with E-state index >= 15 is 0 Å². The summed E-state index contributed by atoms with van der Waals surface area (Å²) in [6.45, 7) is 7.53. The van der Waals surface area contributed by atoms with E-state index < -0.39 is 0 Å². The normalized spacial score (nSPS) is 58.2. The highest BCUT2D eigenvalue weighted by Gasteiger charge is 2.61. The molecule has 5 bridgehead atoms. The van der Waals surface area contributed by atoms with E-state index in [1.807, 2.05) is 0 Å². The molecule has 0 N–H and O–H groups in total. The van der Waals surface area contributed by atoms with E-state index in [0.29, 0.717) is 17.6 Å². The van der Waals surface area contributed by atoms with Gasteiger partial charge in [-0.05, 0) is 48.5 Å². The zero-order valence-corrected chi connectivity index (χ0v) is 9.86. The van der Waals surface area contributed by atoms with E-state index in [1.165, 1.54) is 19.3 Å². The van der Waals surface area contributed by atoms with Crippen LogP contribution in [-0.2, 0) is 4.79 Å². The van der Waals surface area contributed by atoms with Crippen molar-refractivity contribution in [2.24, 2.45) is 23.7 Å². The Morgan fingerprint density at radius 3 is 2.88 bits per heavy atom. The van der Waals surface area contributed by atoms with Crippen LogP contribution in [0.15, 0.2) is 12.2 Å². The lowest BCUT2D eigenvalue weighted by atomic mass is 9.70. The van der Waals surface area contributed by atoms with Gasteiger partial charge >= 0.3 is 0 Å². The molecule has 0 aromatic carbocycles. The number of fused-ring (bicyclic) bond motifs is 2. The summed E-state index contributed by atoms with van der Waals surface area (Å²) in [7, 11) is 0. The van der Waals surface area contributed by atoms with Gasteiger partial charge in [-0.2, -0.15) is 0 Å². The molecule has 0 aromatic heterocycles.